The van der Waals surface area contributed by atoms with Crippen LogP contribution in [0, 0.1) is 0 Å². The van der Waals surface area contributed by atoms with Crippen molar-refractivity contribution in [2.75, 3.05) is 11.4 Å². The number of hydrogen-bond donors (Lipinski definition) is 0. The molecule has 4 nitrogen and oxygen atoms in total. The van der Waals surface area contributed by atoms with E-state index in [0.29, 0.717) is 5.92 Å². The number of fused-ring (bicyclic) bond motifs is 3. The molecule has 4 aromatic rings. The lowest BCUT2D eigenvalue weighted by atomic mass is 9.83. The molecule has 2 amide bonds. The molecule has 1 aromatic heterocycles. The molecule has 1 unspecified atom stereocenters. The number of nitrogens with zero attached hydrogens (tertiary/aromatic N) is 3. The Balaban J connectivity index is 1.28. The maximum absolute atomic E-state index is 14.3. The third kappa shape index (κ3) is 3.85. The monoisotopic (exact) mass is 489 g/mol. The van der Waals surface area contributed by atoms with Gasteiger partial charge in [0, 0.05) is 29.7 Å². The van der Waals surface area contributed by atoms with Gasteiger partial charge in [-0.25, -0.2) is 4.79 Å². The first kappa shape index (κ1) is 22.7. The predicted molar refractivity (Wildman–Crippen MR) is 151 cm³/mol. The molecular formula is C33H35N3O. The van der Waals surface area contributed by atoms with E-state index in [0.717, 1.165) is 43.7 Å². The van der Waals surface area contributed by atoms with Gasteiger partial charge in [0.15, 0.2) is 0 Å². The van der Waals surface area contributed by atoms with E-state index in [-0.39, 0.29) is 12.1 Å². The maximum Gasteiger partial charge on any atom is 0.329 e. The first-order chi connectivity index (χ1) is 18.3. The average molecular weight is 490 g/mol. The Morgan fingerprint density at radius 3 is 2.16 bits per heavy atom. The van der Waals surface area contributed by atoms with Crippen LogP contribution in [0.3, 0.4) is 0 Å². The molecule has 1 fully saturated rings. The molecule has 188 valence electrons. The lowest BCUT2D eigenvalue weighted by Gasteiger charge is -2.42. The largest absolute Gasteiger partial charge is 0.341 e. The molecule has 37 heavy (non-hydrogen) atoms. The van der Waals surface area contributed by atoms with Gasteiger partial charge in [0.2, 0.25) is 0 Å². The zero-order valence-corrected chi connectivity index (χ0v) is 21.5. The van der Waals surface area contributed by atoms with E-state index in [1.807, 2.05) is 65.6 Å². The summed E-state index contributed by atoms with van der Waals surface area (Å²) in [5.74, 6) is 0.713. The minimum Gasteiger partial charge on any atom is -0.341 e. The van der Waals surface area contributed by atoms with Crippen LogP contribution in [0.4, 0.5) is 16.2 Å². The van der Waals surface area contributed by atoms with E-state index in [9.17, 15) is 4.79 Å². The van der Waals surface area contributed by atoms with Crippen LogP contribution in [0.15, 0.2) is 78.9 Å². The first-order valence-electron chi connectivity index (χ1n) is 14.2. The molecule has 0 bridgehead atoms. The van der Waals surface area contributed by atoms with Crippen molar-refractivity contribution in [1.29, 1.82) is 0 Å². The highest BCUT2D eigenvalue weighted by atomic mass is 16.2. The third-order valence-corrected chi connectivity index (χ3v) is 8.94. The lowest BCUT2D eigenvalue weighted by molar-refractivity contribution is 0.155. The fourth-order valence-corrected chi connectivity index (χ4v) is 7.19. The number of amides is 2. The van der Waals surface area contributed by atoms with Crippen LogP contribution in [0.25, 0.3) is 10.9 Å². The van der Waals surface area contributed by atoms with Gasteiger partial charge in [-0.2, -0.15) is 0 Å². The summed E-state index contributed by atoms with van der Waals surface area (Å²) in [7, 11) is 0. The Hall–Kier alpha value is -3.53. The SMILES string of the molecule is O=C(N(c1ccccc1)c1ccccc1)N1CCn2c3c(c4cc(C5CCCCC5)ccc42)CCCC31. The Morgan fingerprint density at radius 2 is 1.46 bits per heavy atom. The van der Waals surface area contributed by atoms with Gasteiger partial charge in [-0.05, 0) is 85.5 Å². The van der Waals surface area contributed by atoms with Crippen LogP contribution in [0.5, 0.6) is 0 Å². The van der Waals surface area contributed by atoms with E-state index in [1.165, 1.54) is 59.8 Å². The number of carbonyl (C=O) groups excluding carboxylic acids is 1. The van der Waals surface area contributed by atoms with Gasteiger partial charge in [0.1, 0.15) is 0 Å². The van der Waals surface area contributed by atoms with Gasteiger partial charge in [0.25, 0.3) is 0 Å². The van der Waals surface area contributed by atoms with Gasteiger partial charge in [0.05, 0.1) is 17.4 Å². The summed E-state index contributed by atoms with van der Waals surface area (Å²) < 4.78 is 2.54. The van der Waals surface area contributed by atoms with E-state index in [2.05, 4.69) is 27.7 Å². The molecule has 1 saturated carbocycles. The summed E-state index contributed by atoms with van der Waals surface area (Å²) in [6.07, 6.45) is 10.0. The highest BCUT2D eigenvalue weighted by Gasteiger charge is 2.39. The smallest absolute Gasteiger partial charge is 0.329 e. The van der Waals surface area contributed by atoms with Crippen LogP contribution in [0.1, 0.15) is 73.7 Å². The van der Waals surface area contributed by atoms with E-state index < -0.39 is 0 Å². The summed E-state index contributed by atoms with van der Waals surface area (Å²) in [5, 5.41) is 1.44. The van der Waals surface area contributed by atoms with Crippen molar-refractivity contribution in [2.45, 2.75) is 69.9 Å². The molecule has 3 aromatic carbocycles. The second kappa shape index (κ2) is 9.41. The number of aryl methyl sites for hydroxylation is 1. The van der Waals surface area contributed by atoms with Gasteiger partial charge < -0.3 is 9.47 Å². The van der Waals surface area contributed by atoms with Crippen molar-refractivity contribution in [3.8, 4) is 0 Å². The number of rotatable bonds is 3. The number of aromatic nitrogens is 1. The molecule has 0 N–H and O–H groups in total. The van der Waals surface area contributed by atoms with Crippen LogP contribution in [-0.4, -0.2) is 22.0 Å². The van der Waals surface area contributed by atoms with Crippen LogP contribution in [0.2, 0.25) is 0 Å². The molecule has 4 heteroatoms. The molecule has 0 radical (unpaired) electrons. The number of para-hydroxylation sites is 2. The molecular weight excluding hydrogens is 454 g/mol. The molecule has 2 heterocycles. The highest BCUT2D eigenvalue weighted by molar-refractivity contribution is 6.00. The van der Waals surface area contributed by atoms with E-state index >= 15 is 0 Å². The second-order valence-electron chi connectivity index (χ2n) is 11.0. The molecule has 7 rings (SSSR count). The lowest BCUT2D eigenvalue weighted by Crippen LogP contribution is -2.48. The van der Waals surface area contributed by atoms with Crippen molar-refractivity contribution < 1.29 is 4.79 Å². The molecule has 2 aliphatic carbocycles. The summed E-state index contributed by atoms with van der Waals surface area (Å²) in [5.41, 5.74) is 7.61. The quantitative estimate of drug-likeness (QED) is 0.284. The van der Waals surface area contributed by atoms with Gasteiger partial charge in [-0.3, -0.25) is 4.90 Å². The van der Waals surface area contributed by atoms with E-state index in [4.69, 9.17) is 0 Å². The van der Waals surface area contributed by atoms with Crippen molar-refractivity contribution in [3.63, 3.8) is 0 Å². The maximum atomic E-state index is 14.3. The fourth-order valence-electron chi connectivity index (χ4n) is 7.19. The number of carbonyl (C=O) groups is 1. The normalized spacial score (nSPS) is 19.6. The van der Waals surface area contributed by atoms with Crippen molar-refractivity contribution in [1.82, 2.24) is 9.47 Å². The van der Waals surface area contributed by atoms with Crippen LogP contribution < -0.4 is 4.90 Å². The Morgan fingerprint density at radius 1 is 0.757 bits per heavy atom. The van der Waals surface area contributed by atoms with E-state index in [1.54, 1.807) is 0 Å². The first-order valence-corrected chi connectivity index (χ1v) is 14.2. The molecule has 0 saturated heterocycles. The second-order valence-corrected chi connectivity index (χ2v) is 11.0. The Bertz CT molecular complexity index is 1380. The topological polar surface area (TPSA) is 28.5 Å². The number of anilines is 2. The summed E-state index contributed by atoms with van der Waals surface area (Å²) in [6, 6.07) is 27.7. The average Bonchev–Trinajstić information content (AvgIpc) is 3.29. The fraction of sp³-hybridized carbons (Fsp3) is 0.364. The predicted octanol–water partition coefficient (Wildman–Crippen LogP) is 8.34. The number of hydrogen-bond acceptors (Lipinski definition) is 1. The van der Waals surface area contributed by atoms with Gasteiger partial charge >= 0.3 is 6.03 Å². The third-order valence-electron chi connectivity index (χ3n) is 8.94. The zero-order valence-electron chi connectivity index (χ0n) is 21.5. The van der Waals surface area contributed by atoms with Gasteiger partial charge in [-0.1, -0.05) is 61.7 Å². The summed E-state index contributed by atoms with van der Waals surface area (Å²) >= 11 is 0. The molecule has 1 aliphatic heterocycles. The number of benzene rings is 3. The Labute approximate surface area is 219 Å². The van der Waals surface area contributed by atoms with Crippen molar-refractivity contribution in [3.05, 3.63) is 95.7 Å². The summed E-state index contributed by atoms with van der Waals surface area (Å²) in [6.45, 7) is 1.59. The zero-order chi connectivity index (χ0) is 24.8. The number of urea groups is 1. The van der Waals surface area contributed by atoms with Crippen molar-refractivity contribution >= 4 is 28.3 Å². The standard InChI is InChI=1S/C33H35N3O/c37-33(36(26-13-6-2-7-14-26)27-15-8-3-9-16-27)35-22-21-34-30-20-19-25(24-11-4-1-5-12-24)23-29(30)28-17-10-18-31(35)32(28)34/h2-3,6-9,13-16,19-20,23-24,31H,1,4-5,10-12,17-18,21-22H2. The molecule has 3 aliphatic rings. The van der Waals surface area contributed by atoms with Gasteiger partial charge in [-0.15, -0.1) is 0 Å². The van der Waals surface area contributed by atoms with Crippen LogP contribution >= 0.6 is 0 Å². The van der Waals surface area contributed by atoms with Crippen LogP contribution in [-0.2, 0) is 13.0 Å². The highest BCUT2D eigenvalue weighted by Crippen LogP contribution is 2.45. The minimum atomic E-state index is 0.0784. The molecule has 0 spiro atoms. The minimum absolute atomic E-state index is 0.0784. The van der Waals surface area contributed by atoms with Crippen molar-refractivity contribution in [2.24, 2.45) is 0 Å². The molecule has 1 atom stereocenters. The summed E-state index contributed by atoms with van der Waals surface area (Å²) in [4.78, 5) is 18.4. The Kier molecular flexibility index (Phi) is 5.76.